The lowest BCUT2D eigenvalue weighted by atomic mass is 10.1. The Morgan fingerprint density at radius 2 is 1.84 bits per heavy atom. The summed E-state index contributed by atoms with van der Waals surface area (Å²) < 4.78 is 2.72. The van der Waals surface area contributed by atoms with Gasteiger partial charge in [-0.1, -0.05) is 17.7 Å². The molecule has 0 saturated carbocycles. The van der Waals surface area contributed by atoms with Gasteiger partial charge in [0.25, 0.3) is 5.56 Å². The SMILES string of the molecule is Cc1ccc(-n2[nH]c(C)c(C=NNc3ccc(I)cc3)c2=O)c(C)c1. The zero-order chi connectivity index (χ0) is 18.0. The van der Waals surface area contributed by atoms with Crippen LogP contribution in [0.1, 0.15) is 22.4 Å². The van der Waals surface area contributed by atoms with Crippen molar-refractivity contribution in [1.82, 2.24) is 9.78 Å². The zero-order valence-corrected chi connectivity index (χ0v) is 16.5. The third kappa shape index (κ3) is 3.84. The number of benzene rings is 2. The highest BCUT2D eigenvalue weighted by Gasteiger charge is 2.12. The summed E-state index contributed by atoms with van der Waals surface area (Å²) in [6.45, 7) is 5.90. The van der Waals surface area contributed by atoms with Crippen molar-refractivity contribution in [3.63, 3.8) is 0 Å². The number of aromatic amines is 1. The highest BCUT2D eigenvalue weighted by atomic mass is 127. The highest BCUT2D eigenvalue weighted by molar-refractivity contribution is 14.1. The first kappa shape index (κ1) is 17.5. The Labute approximate surface area is 159 Å². The molecule has 0 spiro atoms. The average Bonchev–Trinajstić information content (AvgIpc) is 2.84. The number of halogens is 1. The van der Waals surface area contributed by atoms with Gasteiger partial charge in [0.1, 0.15) is 0 Å². The Hall–Kier alpha value is -2.35. The third-order valence-corrected chi connectivity index (χ3v) is 4.66. The van der Waals surface area contributed by atoms with Crippen molar-refractivity contribution in [1.29, 1.82) is 0 Å². The summed E-state index contributed by atoms with van der Waals surface area (Å²) in [4.78, 5) is 12.7. The van der Waals surface area contributed by atoms with Crippen molar-refractivity contribution in [2.45, 2.75) is 20.8 Å². The van der Waals surface area contributed by atoms with Crippen molar-refractivity contribution in [2.75, 3.05) is 5.43 Å². The predicted octanol–water partition coefficient (Wildman–Crippen LogP) is 4.14. The molecule has 0 aliphatic heterocycles. The van der Waals surface area contributed by atoms with E-state index in [1.54, 1.807) is 10.9 Å². The lowest BCUT2D eigenvalue weighted by Gasteiger charge is -2.06. The van der Waals surface area contributed by atoms with Gasteiger partial charge in [-0.2, -0.15) is 5.10 Å². The van der Waals surface area contributed by atoms with Gasteiger partial charge in [0.2, 0.25) is 0 Å². The number of H-pyrrole nitrogens is 1. The Morgan fingerprint density at radius 1 is 1.12 bits per heavy atom. The van der Waals surface area contributed by atoms with E-state index >= 15 is 0 Å². The first-order valence-corrected chi connectivity index (χ1v) is 8.97. The highest BCUT2D eigenvalue weighted by Crippen LogP contribution is 2.14. The van der Waals surface area contributed by atoms with E-state index in [0.717, 1.165) is 26.2 Å². The minimum Gasteiger partial charge on any atom is -0.295 e. The molecule has 0 radical (unpaired) electrons. The summed E-state index contributed by atoms with van der Waals surface area (Å²) in [5.74, 6) is 0. The number of aryl methyl sites for hydroxylation is 3. The molecular weight excluding hydrogens is 427 g/mol. The number of nitrogens with one attached hydrogen (secondary N) is 2. The molecule has 0 atom stereocenters. The molecule has 0 aliphatic carbocycles. The molecule has 0 unspecified atom stereocenters. The second-order valence-corrected chi connectivity index (χ2v) is 7.20. The number of nitrogens with zero attached hydrogens (tertiary/aromatic N) is 2. The first-order valence-electron chi connectivity index (χ1n) is 7.89. The van der Waals surface area contributed by atoms with E-state index in [0.29, 0.717) is 5.56 Å². The van der Waals surface area contributed by atoms with Gasteiger partial charge in [-0.3, -0.25) is 15.3 Å². The van der Waals surface area contributed by atoms with Crippen LogP contribution in [0.4, 0.5) is 5.69 Å². The minimum atomic E-state index is -0.113. The molecule has 3 rings (SSSR count). The average molecular weight is 446 g/mol. The molecule has 0 fully saturated rings. The summed E-state index contributed by atoms with van der Waals surface area (Å²) in [6.07, 6.45) is 1.56. The van der Waals surface area contributed by atoms with Crippen molar-refractivity contribution >= 4 is 34.5 Å². The van der Waals surface area contributed by atoms with E-state index in [2.05, 4.69) is 44.3 Å². The van der Waals surface area contributed by atoms with E-state index in [4.69, 9.17) is 0 Å². The molecule has 1 aromatic heterocycles. The Bertz CT molecular complexity index is 984. The summed E-state index contributed by atoms with van der Waals surface area (Å²) in [7, 11) is 0. The maximum Gasteiger partial charge on any atom is 0.280 e. The van der Waals surface area contributed by atoms with Gasteiger partial charge in [-0.25, -0.2) is 4.68 Å². The van der Waals surface area contributed by atoms with Crippen LogP contribution in [0.25, 0.3) is 5.69 Å². The van der Waals surface area contributed by atoms with Crippen molar-refractivity contribution in [3.8, 4) is 5.69 Å². The third-order valence-electron chi connectivity index (χ3n) is 3.94. The van der Waals surface area contributed by atoms with Gasteiger partial charge in [-0.05, 0) is 79.3 Å². The molecule has 2 aromatic carbocycles. The zero-order valence-electron chi connectivity index (χ0n) is 14.3. The van der Waals surface area contributed by atoms with Gasteiger partial charge < -0.3 is 0 Å². The van der Waals surface area contributed by atoms with Crippen LogP contribution in [-0.2, 0) is 0 Å². The van der Waals surface area contributed by atoms with E-state index in [1.165, 1.54) is 5.56 Å². The van der Waals surface area contributed by atoms with E-state index < -0.39 is 0 Å². The van der Waals surface area contributed by atoms with Gasteiger partial charge in [-0.15, -0.1) is 0 Å². The number of rotatable bonds is 4. The molecule has 3 aromatic rings. The van der Waals surface area contributed by atoms with Crippen molar-refractivity contribution in [3.05, 3.63) is 78.8 Å². The van der Waals surface area contributed by atoms with Gasteiger partial charge >= 0.3 is 0 Å². The molecule has 0 bridgehead atoms. The monoisotopic (exact) mass is 446 g/mol. The molecule has 1 heterocycles. The fraction of sp³-hybridized carbons (Fsp3) is 0.158. The quantitative estimate of drug-likeness (QED) is 0.360. The summed E-state index contributed by atoms with van der Waals surface area (Å²) in [5, 5.41) is 7.33. The number of hydrogen-bond acceptors (Lipinski definition) is 3. The normalized spacial score (nSPS) is 11.2. The number of aromatic nitrogens is 2. The molecule has 0 aliphatic rings. The molecule has 0 amide bonds. The fourth-order valence-electron chi connectivity index (χ4n) is 2.63. The van der Waals surface area contributed by atoms with Crippen LogP contribution in [0.15, 0.2) is 52.4 Å². The minimum absolute atomic E-state index is 0.113. The first-order chi connectivity index (χ1) is 12.0. The fourth-order valence-corrected chi connectivity index (χ4v) is 2.99. The van der Waals surface area contributed by atoms with Crippen LogP contribution in [0.3, 0.4) is 0 Å². The largest absolute Gasteiger partial charge is 0.295 e. The second kappa shape index (κ2) is 7.26. The van der Waals surface area contributed by atoms with Crippen molar-refractivity contribution < 1.29 is 0 Å². The molecule has 2 N–H and O–H groups in total. The number of anilines is 1. The number of hydrazone groups is 1. The molecule has 0 saturated heterocycles. The van der Waals surface area contributed by atoms with Crippen LogP contribution >= 0.6 is 22.6 Å². The number of hydrogen-bond donors (Lipinski definition) is 2. The Morgan fingerprint density at radius 3 is 2.52 bits per heavy atom. The van der Waals surface area contributed by atoms with Gasteiger partial charge in [0.05, 0.1) is 23.2 Å². The summed E-state index contributed by atoms with van der Waals surface area (Å²) in [5.41, 5.74) is 8.09. The molecule has 6 heteroatoms. The van der Waals surface area contributed by atoms with Gasteiger partial charge in [0, 0.05) is 9.26 Å². The van der Waals surface area contributed by atoms with E-state index in [-0.39, 0.29) is 5.56 Å². The van der Waals surface area contributed by atoms with Crippen LogP contribution in [0.2, 0.25) is 0 Å². The van der Waals surface area contributed by atoms with Crippen LogP contribution in [-0.4, -0.2) is 16.0 Å². The van der Waals surface area contributed by atoms with Crippen LogP contribution in [0, 0.1) is 24.3 Å². The molecule has 128 valence electrons. The predicted molar refractivity (Wildman–Crippen MR) is 111 cm³/mol. The Balaban J connectivity index is 1.88. The molecule has 5 nitrogen and oxygen atoms in total. The van der Waals surface area contributed by atoms with Gasteiger partial charge in [0.15, 0.2) is 0 Å². The standard InChI is InChI=1S/C19H19IN4O/c1-12-4-9-18(13(2)10-12)24-19(25)17(14(3)23-24)11-21-22-16-7-5-15(20)6-8-16/h4-11,22-23H,1-3H3. The topological polar surface area (TPSA) is 62.2 Å². The summed E-state index contributed by atoms with van der Waals surface area (Å²) >= 11 is 2.25. The van der Waals surface area contributed by atoms with E-state index in [1.807, 2.05) is 57.2 Å². The molecular formula is C19H19IN4O. The van der Waals surface area contributed by atoms with Crippen molar-refractivity contribution in [2.24, 2.45) is 5.10 Å². The maximum absolute atomic E-state index is 12.7. The second-order valence-electron chi connectivity index (χ2n) is 5.96. The van der Waals surface area contributed by atoms with E-state index in [9.17, 15) is 4.79 Å². The van der Waals surface area contributed by atoms with Crippen LogP contribution < -0.4 is 11.0 Å². The smallest absolute Gasteiger partial charge is 0.280 e. The Kier molecular flexibility index (Phi) is 5.08. The van der Waals surface area contributed by atoms with Crippen LogP contribution in [0.5, 0.6) is 0 Å². The lowest BCUT2D eigenvalue weighted by molar-refractivity contribution is 0.828. The lowest BCUT2D eigenvalue weighted by Crippen LogP contribution is -2.18. The maximum atomic E-state index is 12.7. The summed E-state index contributed by atoms with van der Waals surface area (Å²) in [6, 6.07) is 13.9. The molecule has 25 heavy (non-hydrogen) atoms.